The van der Waals surface area contributed by atoms with Crippen LogP contribution in [0.3, 0.4) is 0 Å². The van der Waals surface area contributed by atoms with E-state index in [2.05, 4.69) is 0 Å². The average Bonchev–Trinajstić information content (AvgIpc) is 2.52. The van der Waals surface area contributed by atoms with Crippen molar-refractivity contribution in [3.63, 3.8) is 0 Å². The third-order valence-electron chi connectivity index (χ3n) is 3.40. The maximum atomic E-state index is 10.2. The Balaban J connectivity index is 2.27. The van der Waals surface area contributed by atoms with Gasteiger partial charge in [-0.2, -0.15) is 0 Å². The Bertz CT molecular complexity index is 762. The average molecular weight is 278 g/mol. The van der Waals surface area contributed by atoms with Crippen LogP contribution in [0.2, 0.25) is 0 Å². The van der Waals surface area contributed by atoms with Crippen molar-refractivity contribution in [2.45, 2.75) is 0 Å². The summed E-state index contributed by atoms with van der Waals surface area (Å²) in [6.07, 6.45) is 0. The number of hydrogen-bond donors (Lipinski definition) is 3. The van der Waals surface area contributed by atoms with E-state index in [1.807, 2.05) is 30.3 Å². The maximum Gasteiger partial charge on any atom is 0.166 e. The van der Waals surface area contributed by atoms with Gasteiger partial charge in [0.25, 0.3) is 0 Å². The predicted octanol–water partition coefficient (Wildman–Crippen LogP) is 4.14. The number of rotatable bonds is 2. The summed E-state index contributed by atoms with van der Waals surface area (Å²) < 4.78 is 0. The molecular formula is C18H14O3. The van der Waals surface area contributed by atoms with Gasteiger partial charge in [-0.15, -0.1) is 0 Å². The molecule has 3 N–H and O–H groups in total. The lowest BCUT2D eigenvalue weighted by Gasteiger charge is -2.13. The molecule has 0 aliphatic heterocycles. The van der Waals surface area contributed by atoms with Crippen LogP contribution in [0.25, 0.3) is 22.3 Å². The highest BCUT2D eigenvalue weighted by molar-refractivity contribution is 5.89. The first kappa shape index (κ1) is 13.1. The lowest BCUT2D eigenvalue weighted by atomic mass is 9.93. The summed E-state index contributed by atoms with van der Waals surface area (Å²) in [6, 6.07) is 19.4. The van der Waals surface area contributed by atoms with Gasteiger partial charge >= 0.3 is 0 Å². The standard InChI is InChI=1S/C18H14O3/c19-14-8-6-13(7-9-14)17-15(10-11-16(20)18(17)21)12-4-2-1-3-5-12/h1-11,19-21H. The van der Waals surface area contributed by atoms with E-state index in [0.29, 0.717) is 5.56 Å². The highest BCUT2D eigenvalue weighted by atomic mass is 16.3. The number of aromatic hydroxyl groups is 3. The molecule has 0 aliphatic rings. The molecule has 0 saturated heterocycles. The van der Waals surface area contributed by atoms with Crippen LogP contribution in [0, 0.1) is 0 Å². The van der Waals surface area contributed by atoms with E-state index in [-0.39, 0.29) is 17.2 Å². The van der Waals surface area contributed by atoms with Gasteiger partial charge in [-0.05, 0) is 41.0 Å². The van der Waals surface area contributed by atoms with E-state index in [1.54, 1.807) is 30.3 Å². The smallest absolute Gasteiger partial charge is 0.166 e. The SMILES string of the molecule is Oc1ccc(-c2c(-c3ccccc3)ccc(O)c2O)cc1. The summed E-state index contributed by atoms with van der Waals surface area (Å²) in [5.41, 5.74) is 3.02. The summed E-state index contributed by atoms with van der Waals surface area (Å²) in [6.45, 7) is 0. The molecule has 104 valence electrons. The lowest BCUT2D eigenvalue weighted by Crippen LogP contribution is -1.87. The van der Waals surface area contributed by atoms with Crippen molar-refractivity contribution in [1.82, 2.24) is 0 Å². The molecule has 3 aromatic rings. The van der Waals surface area contributed by atoms with Gasteiger partial charge in [0.05, 0.1) is 0 Å². The first-order valence-corrected chi connectivity index (χ1v) is 6.56. The monoisotopic (exact) mass is 278 g/mol. The molecule has 21 heavy (non-hydrogen) atoms. The summed E-state index contributed by atoms with van der Waals surface area (Å²) in [5, 5.41) is 29.4. The van der Waals surface area contributed by atoms with Gasteiger partial charge in [-0.1, -0.05) is 42.5 Å². The van der Waals surface area contributed by atoms with Crippen molar-refractivity contribution in [2.24, 2.45) is 0 Å². The van der Waals surface area contributed by atoms with E-state index in [9.17, 15) is 15.3 Å². The second kappa shape index (κ2) is 5.21. The van der Waals surface area contributed by atoms with Gasteiger partial charge in [0.1, 0.15) is 5.75 Å². The fraction of sp³-hybridized carbons (Fsp3) is 0. The molecule has 3 heteroatoms. The minimum Gasteiger partial charge on any atom is -0.508 e. The van der Waals surface area contributed by atoms with Crippen molar-refractivity contribution < 1.29 is 15.3 Å². The number of phenolic OH excluding ortho intramolecular Hbond substituents is 3. The van der Waals surface area contributed by atoms with Crippen molar-refractivity contribution >= 4 is 0 Å². The molecule has 0 atom stereocenters. The molecule has 0 amide bonds. The Labute approximate surface area is 122 Å². The second-order valence-electron chi connectivity index (χ2n) is 4.77. The quantitative estimate of drug-likeness (QED) is 0.617. The largest absolute Gasteiger partial charge is 0.508 e. The van der Waals surface area contributed by atoms with Gasteiger partial charge in [-0.25, -0.2) is 0 Å². The van der Waals surface area contributed by atoms with Crippen molar-refractivity contribution in [3.05, 3.63) is 66.7 Å². The summed E-state index contributed by atoms with van der Waals surface area (Å²) in [7, 11) is 0. The molecule has 3 rings (SSSR count). The summed E-state index contributed by atoms with van der Waals surface area (Å²) >= 11 is 0. The third kappa shape index (κ3) is 2.41. The Hall–Kier alpha value is -2.94. The Morgan fingerprint density at radius 3 is 1.90 bits per heavy atom. The number of hydrogen-bond acceptors (Lipinski definition) is 3. The van der Waals surface area contributed by atoms with Crippen molar-refractivity contribution in [1.29, 1.82) is 0 Å². The highest BCUT2D eigenvalue weighted by Crippen LogP contribution is 2.43. The summed E-state index contributed by atoms with van der Waals surface area (Å²) in [5.74, 6) is -0.181. The maximum absolute atomic E-state index is 10.2. The fourth-order valence-electron chi connectivity index (χ4n) is 2.36. The van der Waals surface area contributed by atoms with Crippen LogP contribution in [0.15, 0.2) is 66.7 Å². The minimum absolute atomic E-state index is 0.152. The molecule has 0 radical (unpaired) electrons. The van der Waals surface area contributed by atoms with Gasteiger partial charge in [-0.3, -0.25) is 0 Å². The molecule has 3 aromatic carbocycles. The fourth-order valence-corrected chi connectivity index (χ4v) is 2.36. The van der Waals surface area contributed by atoms with Crippen LogP contribution in [0.1, 0.15) is 0 Å². The second-order valence-corrected chi connectivity index (χ2v) is 4.77. The van der Waals surface area contributed by atoms with Crippen LogP contribution in [0.4, 0.5) is 0 Å². The Morgan fingerprint density at radius 1 is 0.571 bits per heavy atom. The zero-order valence-corrected chi connectivity index (χ0v) is 11.2. The highest BCUT2D eigenvalue weighted by Gasteiger charge is 2.15. The number of phenols is 3. The Kier molecular flexibility index (Phi) is 3.24. The third-order valence-corrected chi connectivity index (χ3v) is 3.40. The molecule has 0 spiro atoms. The number of benzene rings is 3. The van der Waals surface area contributed by atoms with Crippen LogP contribution in [-0.2, 0) is 0 Å². The van der Waals surface area contributed by atoms with Gasteiger partial charge < -0.3 is 15.3 Å². The van der Waals surface area contributed by atoms with E-state index < -0.39 is 0 Å². The predicted molar refractivity (Wildman–Crippen MR) is 82.3 cm³/mol. The van der Waals surface area contributed by atoms with E-state index in [0.717, 1.165) is 16.7 Å². The molecule has 0 saturated carbocycles. The first-order valence-electron chi connectivity index (χ1n) is 6.56. The van der Waals surface area contributed by atoms with Crippen LogP contribution < -0.4 is 0 Å². The molecule has 0 heterocycles. The van der Waals surface area contributed by atoms with E-state index >= 15 is 0 Å². The normalized spacial score (nSPS) is 10.5. The lowest BCUT2D eigenvalue weighted by molar-refractivity contribution is 0.405. The van der Waals surface area contributed by atoms with E-state index in [4.69, 9.17) is 0 Å². The molecular weight excluding hydrogens is 264 g/mol. The van der Waals surface area contributed by atoms with Crippen LogP contribution in [0.5, 0.6) is 17.2 Å². The van der Waals surface area contributed by atoms with Crippen molar-refractivity contribution in [2.75, 3.05) is 0 Å². The van der Waals surface area contributed by atoms with Gasteiger partial charge in [0.2, 0.25) is 0 Å². The Morgan fingerprint density at radius 2 is 1.24 bits per heavy atom. The summed E-state index contributed by atoms with van der Waals surface area (Å²) in [4.78, 5) is 0. The van der Waals surface area contributed by atoms with Crippen molar-refractivity contribution in [3.8, 4) is 39.5 Å². The van der Waals surface area contributed by atoms with Gasteiger partial charge in [0.15, 0.2) is 11.5 Å². The zero-order chi connectivity index (χ0) is 14.8. The first-order chi connectivity index (χ1) is 10.2. The minimum atomic E-state index is -0.169. The molecule has 0 bridgehead atoms. The molecule has 0 fully saturated rings. The van der Waals surface area contributed by atoms with Gasteiger partial charge in [0, 0.05) is 5.56 Å². The zero-order valence-electron chi connectivity index (χ0n) is 11.2. The molecule has 0 aromatic heterocycles. The molecule has 3 nitrogen and oxygen atoms in total. The molecule has 0 aliphatic carbocycles. The van der Waals surface area contributed by atoms with Crippen LogP contribution in [-0.4, -0.2) is 15.3 Å². The van der Waals surface area contributed by atoms with E-state index in [1.165, 1.54) is 6.07 Å². The molecule has 0 unspecified atom stereocenters. The topological polar surface area (TPSA) is 60.7 Å². The van der Waals surface area contributed by atoms with Crippen LogP contribution >= 0.6 is 0 Å².